The van der Waals surface area contributed by atoms with Crippen molar-refractivity contribution in [3.63, 3.8) is 0 Å². The highest BCUT2D eigenvalue weighted by Gasteiger charge is 2.43. The average molecular weight is 607 g/mol. The molecule has 2 bridgehead atoms. The smallest absolute Gasteiger partial charge is 0.324 e. The second-order valence-corrected chi connectivity index (χ2v) is 13.7. The molecule has 4 aromatic rings. The van der Waals surface area contributed by atoms with E-state index in [1.807, 2.05) is 54.3 Å². The first-order valence-corrected chi connectivity index (χ1v) is 15.8. The molecule has 0 aliphatic carbocycles. The number of urea groups is 1. The molecule has 9 heteroatoms. The number of nitrogens with zero attached hydrogens (tertiary/aromatic N) is 3. The van der Waals surface area contributed by atoms with Crippen molar-refractivity contribution in [2.75, 3.05) is 10.6 Å². The second kappa shape index (κ2) is 12.0. The van der Waals surface area contributed by atoms with Crippen LogP contribution in [-0.2, 0) is 11.8 Å². The monoisotopic (exact) mass is 606 g/mol. The molecule has 2 aliphatic heterocycles. The number of amides is 3. The summed E-state index contributed by atoms with van der Waals surface area (Å²) in [6.45, 7) is 10.1. The van der Waals surface area contributed by atoms with Crippen LogP contribution < -0.4 is 16.2 Å². The van der Waals surface area contributed by atoms with Crippen molar-refractivity contribution >= 4 is 23.4 Å². The Kier molecular flexibility index (Phi) is 8.12. The van der Waals surface area contributed by atoms with Crippen LogP contribution in [0.25, 0.3) is 5.69 Å². The van der Waals surface area contributed by atoms with Crippen molar-refractivity contribution < 1.29 is 9.59 Å². The van der Waals surface area contributed by atoms with Gasteiger partial charge in [-0.1, -0.05) is 50.6 Å². The molecule has 0 radical (unpaired) electrons. The number of aryl methyl sites for hydroxylation is 2. The number of carbonyl (C=O) groups is 2. The summed E-state index contributed by atoms with van der Waals surface area (Å²) >= 11 is 0. The van der Waals surface area contributed by atoms with E-state index in [4.69, 9.17) is 5.10 Å². The van der Waals surface area contributed by atoms with E-state index in [1.165, 1.54) is 11.6 Å². The normalized spacial score (nSPS) is 19.4. The maximum Gasteiger partial charge on any atom is 0.324 e. The lowest BCUT2D eigenvalue weighted by Crippen LogP contribution is -2.47. The van der Waals surface area contributed by atoms with Crippen LogP contribution in [0.5, 0.6) is 0 Å². The van der Waals surface area contributed by atoms with Crippen LogP contribution in [0.3, 0.4) is 0 Å². The van der Waals surface area contributed by atoms with Gasteiger partial charge in [0, 0.05) is 46.6 Å². The van der Waals surface area contributed by atoms with Crippen molar-refractivity contribution in [3.05, 3.63) is 105 Å². The molecule has 2 atom stereocenters. The Morgan fingerprint density at radius 3 is 2.20 bits per heavy atom. The predicted octanol–water partition coefficient (Wildman–Crippen LogP) is 6.74. The standard InChI is InChI=1S/C36H42N6O3/c1-22-6-12-28(13-7-22)42-32(21-31(40-42)36(3,4)5)39-35(45)38-27-10-8-24(9-11-27)17-25-18-29-14-15-30(19-25)41(29)34(44)26-16-23(2)37-33(43)20-26/h6-13,16,20-21,25,29-30H,14-15,17-19H2,1-5H3,(H,37,43)(H2,38,39,45). The summed E-state index contributed by atoms with van der Waals surface area (Å²) in [6.07, 6.45) is 4.85. The van der Waals surface area contributed by atoms with Gasteiger partial charge in [-0.15, -0.1) is 0 Å². The molecular weight excluding hydrogens is 564 g/mol. The van der Waals surface area contributed by atoms with E-state index in [2.05, 4.69) is 48.5 Å². The fourth-order valence-corrected chi connectivity index (χ4v) is 6.80. The van der Waals surface area contributed by atoms with Crippen molar-refractivity contribution in [2.24, 2.45) is 5.92 Å². The number of hydrogen-bond acceptors (Lipinski definition) is 4. The summed E-state index contributed by atoms with van der Waals surface area (Å²) in [5, 5.41) is 10.8. The van der Waals surface area contributed by atoms with Crippen LogP contribution in [0.15, 0.2) is 71.5 Å². The zero-order chi connectivity index (χ0) is 31.9. The van der Waals surface area contributed by atoms with E-state index in [0.29, 0.717) is 28.7 Å². The Morgan fingerprint density at radius 2 is 1.58 bits per heavy atom. The summed E-state index contributed by atoms with van der Waals surface area (Å²) in [4.78, 5) is 43.1. The largest absolute Gasteiger partial charge is 0.333 e. The quantitative estimate of drug-likeness (QED) is 0.226. The lowest BCUT2D eigenvalue weighted by Gasteiger charge is -2.39. The minimum atomic E-state index is -0.333. The Hall–Kier alpha value is -4.66. The van der Waals surface area contributed by atoms with Crippen LogP contribution >= 0.6 is 0 Å². The van der Waals surface area contributed by atoms with E-state index in [-0.39, 0.29) is 35.0 Å². The number of H-pyrrole nitrogens is 1. The van der Waals surface area contributed by atoms with Gasteiger partial charge in [0.2, 0.25) is 5.56 Å². The highest BCUT2D eigenvalue weighted by molar-refractivity contribution is 5.99. The number of benzene rings is 2. The third-order valence-electron chi connectivity index (χ3n) is 9.03. The Bertz CT molecular complexity index is 1750. The molecule has 2 fully saturated rings. The third kappa shape index (κ3) is 6.72. The van der Waals surface area contributed by atoms with Crippen molar-refractivity contribution in [2.45, 2.75) is 84.2 Å². The first kappa shape index (κ1) is 30.4. The number of piperidine rings is 1. The van der Waals surface area contributed by atoms with Crippen LogP contribution in [-0.4, -0.2) is 43.7 Å². The Labute approximate surface area is 264 Å². The minimum Gasteiger partial charge on any atom is -0.333 e. The van der Waals surface area contributed by atoms with E-state index in [9.17, 15) is 14.4 Å². The number of anilines is 2. The molecule has 2 aromatic carbocycles. The van der Waals surface area contributed by atoms with Crippen molar-refractivity contribution in [3.8, 4) is 5.69 Å². The predicted molar refractivity (Wildman–Crippen MR) is 177 cm³/mol. The number of aromatic nitrogens is 3. The van der Waals surface area contributed by atoms with Crippen LogP contribution in [0.2, 0.25) is 0 Å². The van der Waals surface area contributed by atoms with Crippen LogP contribution in [0.1, 0.15) is 79.3 Å². The fraction of sp³-hybridized carbons (Fsp3) is 0.389. The molecule has 2 saturated heterocycles. The van der Waals surface area contributed by atoms with Crippen LogP contribution in [0.4, 0.5) is 16.3 Å². The lowest BCUT2D eigenvalue weighted by atomic mass is 9.85. The van der Waals surface area contributed by atoms with Gasteiger partial charge >= 0.3 is 6.03 Å². The Balaban J connectivity index is 1.07. The van der Waals surface area contributed by atoms with Gasteiger partial charge in [-0.25, -0.2) is 9.48 Å². The zero-order valence-electron chi connectivity index (χ0n) is 26.7. The molecule has 2 aromatic heterocycles. The van der Waals surface area contributed by atoms with E-state index in [1.54, 1.807) is 17.7 Å². The van der Waals surface area contributed by atoms with Crippen LogP contribution in [0, 0.1) is 19.8 Å². The number of nitrogens with one attached hydrogen (secondary N) is 3. The molecule has 234 valence electrons. The summed E-state index contributed by atoms with van der Waals surface area (Å²) in [5.74, 6) is 1.06. The average Bonchev–Trinajstić information content (AvgIpc) is 3.52. The zero-order valence-corrected chi connectivity index (χ0v) is 26.7. The molecule has 2 aliphatic rings. The number of fused-ring (bicyclic) bond motifs is 2. The molecule has 45 heavy (non-hydrogen) atoms. The van der Waals surface area contributed by atoms with Gasteiger partial charge in [-0.05, 0) is 87.8 Å². The van der Waals surface area contributed by atoms with Gasteiger partial charge in [-0.3, -0.25) is 14.9 Å². The molecule has 0 spiro atoms. The van der Waals surface area contributed by atoms with E-state index >= 15 is 0 Å². The molecule has 2 unspecified atom stereocenters. The van der Waals surface area contributed by atoms with Gasteiger partial charge in [0.25, 0.3) is 5.91 Å². The number of pyridine rings is 1. The van der Waals surface area contributed by atoms with Gasteiger partial charge < -0.3 is 15.2 Å². The van der Waals surface area contributed by atoms with E-state index < -0.39 is 0 Å². The molecule has 0 saturated carbocycles. The summed E-state index contributed by atoms with van der Waals surface area (Å²) in [5.41, 5.74) is 5.61. The van der Waals surface area contributed by atoms with Crippen molar-refractivity contribution in [1.82, 2.24) is 19.7 Å². The molecule has 6 rings (SSSR count). The SMILES string of the molecule is Cc1ccc(-n2nc(C(C)(C)C)cc2NC(=O)Nc2ccc(CC3CC4CCC(C3)N4C(=O)c3cc(C)[nH]c(=O)c3)cc2)cc1. The molecule has 3 amide bonds. The van der Waals surface area contributed by atoms with Gasteiger partial charge in [-0.2, -0.15) is 5.10 Å². The summed E-state index contributed by atoms with van der Waals surface area (Å²) in [7, 11) is 0. The highest BCUT2D eigenvalue weighted by Crippen LogP contribution is 2.40. The first-order chi connectivity index (χ1) is 21.4. The summed E-state index contributed by atoms with van der Waals surface area (Å²) in [6, 6.07) is 21.3. The Morgan fingerprint density at radius 1 is 0.911 bits per heavy atom. The van der Waals surface area contributed by atoms with Gasteiger partial charge in [0.15, 0.2) is 0 Å². The summed E-state index contributed by atoms with van der Waals surface area (Å²) < 4.78 is 1.77. The minimum absolute atomic E-state index is 0.0274. The maximum absolute atomic E-state index is 13.3. The van der Waals surface area contributed by atoms with Gasteiger partial charge in [0.05, 0.1) is 11.4 Å². The number of hydrogen-bond donors (Lipinski definition) is 3. The fourth-order valence-electron chi connectivity index (χ4n) is 6.80. The molecule has 4 heterocycles. The second-order valence-electron chi connectivity index (χ2n) is 13.7. The van der Waals surface area contributed by atoms with E-state index in [0.717, 1.165) is 49.0 Å². The highest BCUT2D eigenvalue weighted by atomic mass is 16.2. The molecule has 3 N–H and O–H groups in total. The number of carbonyl (C=O) groups excluding carboxylic acids is 2. The lowest BCUT2D eigenvalue weighted by molar-refractivity contribution is 0.0524. The maximum atomic E-state index is 13.3. The number of aromatic amines is 1. The van der Waals surface area contributed by atoms with Crippen molar-refractivity contribution in [1.29, 1.82) is 0 Å². The first-order valence-electron chi connectivity index (χ1n) is 15.8. The molecule has 9 nitrogen and oxygen atoms in total. The van der Waals surface area contributed by atoms with Gasteiger partial charge in [0.1, 0.15) is 5.82 Å². The molecular formula is C36H42N6O3. The topological polar surface area (TPSA) is 112 Å². The number of rotatable bonds is 6. The third-order valence-corrected chi connectivity index (χ3v) is 9.03.